The van der Waals surface area contributed by atoms with E-state index in [0.29, 0.717) is 6.54 Å². The second kappa shape index (κ2) is 3.98. The van der Waals surface area contributed by atoms with Crippen LogP contribution in [0.4, 0.5) is 0 Å². The lowest BCUT2D eigenvalue weighted by Gasteiger charge is -2.31. The molecule has 80 valence electrons. The molecule has 1 atom stereocenters. The van der Waals surface area contributed by atoms with Crippen LogP contribution in [0.25, 0.3) is 0 Å². The van der Waals surface area contributed by atoms with Gasteiger partial charge in [-0.05, 0) is 30.5 Å². The van der Waals surface area contributed by atoms with E-state index in [-0.39, 0.29) is 0 Å². The summed E-state index contributed by atoms with van der Waals surface area (Å²) in [5.74, 6) is -0.762. The summed E-state index contributed by atoms with van der Waals surface area (Å²) in [6.07, 6.45) is 4.53. The van der Waals surface area contributed by atoms with E-state index in [1.54, 1.807) is 13.1 Å². The van der Waals surface area contributed by atoms with Gasteiger partial charge in [0.25, 0.3) is 0 Å². The number of fused-ring (bicyclic) bond motifs is 1. The monoisotopic (exact) mass is 206 g/mol. The molecule has 1 aromatic heterocycles. The Kier molecular flexibility index (Phi) is 2.68. The first-order valence-corrected chi connectivity index (χ1v) is 5.07. The summed E-state index contributed by atoms with van der Waals surface area (Å²) in [4.78, 5) is 16.9. The highest BCUT2D eigenvalue weighted by atomic mass is 16.4. The van der Waals surface area contributed by atoms with Gasteiger partial charge in [0.15, 0.2) is 0 Å². The summed E-state index contributed by atoms with van der Waals surface area (Å²) in [5, 5.41) is 8.92. The minimum atomic E-state index is -0.762. The van der Waals surface area contributed by atoms with Crippen molar-refractivity contribution in [1.29, 1.82) is 0 Å². The summed E-state index contributed by atoms with van der Waals surface area (Å²) in [7, 11) is 0. The minimum absolute atomic E-state index is 0.418. The number of aliphatic carboxylic acids is 1. The molecule has 0 aromatic carbocycles. The molecular formula is C11H14N2O2. The Morgan fingerprint density at radius 3 is 3.13 bits per heavy atom. The number of carboxylic acid groups (broad SMARTS) is 1. The summed E-state index contributed by atoms with van der Waals surface area (Å²) in [5.41, 5.74) is 2.44. The van der Waals surface area contributed by atoms with Crippen molar-refractivity contribution in [1.82, 2.24) is 9.88 Å². The molecule has 4 heteroatoms. The van der Waals surface area contributed by atoms with Gasteiger partial charge in [-0.3, -0.25) is 14.7 Å². The van der Waals surface area contributed by atoms with Crippen LogP contribution in [0.1, 0.15) is 18.1 Å². The van der Waals surface area contributed by atoms with Crippen molar-refractivity contribution in [3.8, 4) is 0 Å². The van der Waals surface area contributed by atoms with E-state index in [4.69, 9.17) is 5.11 Å². The average molecular weight is 206 g/mol. The number of nitrogens with zero attached hydrogens (tertiary/aromatic N) is 2. The van der Waals surface area contributed by atoms with Crippen molar-refractivity contribution in [3.63, 3.8) is 0 Å². The summed E-state index contributed by atoms with van der Waals surface area (Å²) in [6, 6.07) is 1.59. The number of pyridine rings is 1. The molecule has 0 amide bonds. The van der Waals surface area contributed by atoms with E-state index in [0.717, 1.165) is 18.5 Å². The maximum absolute atomic E-state index is 10.9. The van der Waals surface area contributed by atoms with Gasteiger partial charge in [0.2, 0.25) is 0 Å². The first-order chi connectivity index (χ1) is 7.18. The number of aromatic nitrogens is 1. The molecule has 0 saturated carbocycles. The Hall–Kier alpha value is -1.42. The molecular weight excluding hydrogens is 192 g/mol. The normalized spacial score (nSPS) is 18.2. The number of carboxylic acids is 1. The Bertz CT molecular complexity index is 379. The van der Waals surface area contributed by atoms with Gasteiger partial charge in [-0.15, -0.1) is 0 Å². The molecule has 1 aliphatic heterocycles. The Morgan fingerprint density at radius 2 is 2.40 bits per heavy atom. The predicted molar refractivity (Wildman–Crippen MR) is 55.4 cm³/mol. The lowest BCUT2D eigenvalue weighted by atomic mass is 10.0. The summed E-state index contributed by atoms with van der Waals surface area (Å²) >= 11 is 0. The quantitative estimate of drug-likeness (QED) is 0.781. The second-order valence-corrected chi connectivity index (χ2v) is 3.88. The van der Waals surface area contributed by atoms with Crippen LogP contribution in [0.15, 0.2) is 18.5 Å². The van der Waals surface area contributed by atoms with Crippen molar-refractivity contribution in [3.05, 3.63) is 29.6 Å². The van der Waals surface area contributed by atoms with Crippen LogP contribution in [0.2, 0.25) is 0 Å². The highest BCUT2D eigenvalue weighted by Gasteiger charge is 2.24. The fraction of sp³-hybridized carbons (Fsp3) is 0.455. The Morgan fingerprint density at radius 1 is 1.60 bits per heavy atom. The third kappa shape index (κ3) is 1.99. The molecule has 15 heavy (non-hydrogen) atoms. The van der Waals surface area contributed by atoms with Crippen LogP contribution < -0.4 is 0 Å². The maximum atomic E-state index is 10.9. The number of carbonyl (C=O) groups is 1. The maximum Gasteiger partial charge on any atom is 0.320 e. The second-order valence-electron chi connectivity index (χ2n) is 3.88. The van der Waals surface area contributed by atoms with E-state index < -0.39 is 12.0 Å². The molecule has 2 heterocycles. The molecule has 1 unspecified atom stereocenters. The van der Waals surface area contributed by atoms with Crippen molar-refractivity contribution in [2.75, 3.05) is 6.54 Å². The molecule has 0 spiro atoms. The summed E-state index contributed by atoms with van der Waals surface area (Å²) in [6.45, 7) is 3.23. The molecule has 1 aliphatic rings. The number of rotatable bonds is 2. The van der Waals surface area contributed by atoms with Gasteiger partial charge in [-0.25, -0.2) is 0 Å². The Labute approximate surface area is 88.6 Å². The van der Waals surface area contributed by atoms with Gasteiger partial charge >= 0.3 is 5.97 Å². The first kappa shape index (κ1) is 10.1. The van der Waals surface area contributed by atoms with Crippen molar-refractivity contribution in [2.24, 2.45) is 0 Å². The van der Waals surface area contributed by atoms with E-state index in [1.807, 2.05) is 17.2 Å². The van der Waals surface area contributed by atoms with Crippen LogP contribution in [0.5, 0.6) is 0 Å². The molecule has 0 saturated heterocycles. The SMILES string of the molecule is CC(C(=O)O)N1CCc2ccncc2C1. The minimum Gasteiger partial charge on any atom is -0.480 e. The molecule has 0 radical (unpaired) electrons. The number of hydrogen-bond donors (Lipinski definition) is 1. The lowest BCUT2D eigenvalue weighted by Crippen LogP contribution is -2.42. The smallest absolute Gasteiger partial charge is 0.320 e. The predicted octanol–water partition coefficient (Wildman–Crippen LogP) is 0.913. The first-order valence-electron chi connectivity index (χ1n) is 5.07. The summed E-state index contributed by atoms with van der Waals surface area (Å²) < 4.78 is 0. The fourth-order valence-corrected chi connectivity index (χ4v) is 1.89. The molecule has 0 aliphatic carbocycles. The van der Waals surface area contributed by atoms with Gasteiger partial charge < -0.3 is 5.11 Å². The highest BCUT2D eigenvalue weighted by Crippen LogP contribution is 2.19. The molecule has 4 nitrogen and oxygen atoms in total. The van der Waals surface area contributed by atoms with Crippen molar-refractivity contribution < 1.29 is 9.90 Å². The standard InChI is InChI=1S/C11H14N2O2/c1-8(11(14)15)13-5-3-9-2-4-12-6-10(9)7-13/h2,4,6,8H,3,5,7H2,1H3,(H,14,15). The van der Waals surface area contributed by atoms with E-state index >= 15 is 0 Å². The van der Waals surface area contributed by atoms with Gasteiger partial charge in [0.1, 0.15) is 6.04 Å². The van der Waals surface area contributed by atoms with Gasteiger partial charge in [0.05, 0.1) is 0 Å². The van der Waals surface area contributed by atoms with Crippen molar-refractivity contribution >= 4 is 5.97 Å². The molecule has 2 rings (SSSR count). The van der Waals surface area contributed by atoms with E-state index in [9.17, 15) is 4.79 Å². The van der Waals surface area contributed by atoms with Crippen LogP contribution in [0, 0.1) is 0 Å². The molecule has 1 aromatic rings. The zero-order valence-electron chi connectivity index (χ0n) is 8.68. The van der Waals surface area contributed by atoms with Crippen LogP contribution in [-0.4, -0.2) is 33.5 Å². The van der Waals surface area contributed by atoms with Crippen LogP contribution in [0.3, 0.4) is 0 Å². The topological polar surface area (TPSA) is 53.4 Å². The third-order valence-electron chi connectivity index (χ3n) is 2.95. The third-order valence-corrected chi connectivity index (χ3v) is 2.95. The van der Waals surface area contributed by atoms with E-state index in [2.05, 4.69) is 4.98 Å². The molecule has 0 bridgehead atoms. The molecule has 1 N–H and O–H groups in total. The van der Waals surface area contributed by atoms with Gasteiger partial charge in [-0.1, -0.05) is 0 Å². The zero-order chi connectivity index (χ0) is 10.8. The van der Waals surface area contributed by atoms with Gasteiger partial charge in [-0.2, -0.15) is 0 Å². The lowest BCUT2D eigenvalue weighted by molar-refractivity contribution is -0.143. The Balaban J connectivity index is 2.15. The largest absolute Gasteiger partial charge is 0.480 e. The molecule has 0 fully saturated rings. The van der Waals surface area contributed by atoms with Crippen LogP contribution in [-0.2, 0) is 17.8 Å². The number of hydrogen-bond acceptors (Lipinski definition) is 3. The highest BCUT2D eigenvalue weighted by molar-refractivity contribution is 5.72. The van der Waals surface area contributed by atoms with Crippen molar-refractivity contribution in [2.45, 2.75) is 25.9 Å². The van der Waals surface area contributed by atoms with Gasteiger partial charge in [0, 0.05) is 25.5 Å². The zero-order valence-corrected chi connectivity index (χ0v) is 8.68. The average Bonchev–Trinajstić information content (AvgIpc) is 2.27. The fourth-order valence-electron chi connectivity index (χ4n) is 1.89. The van der Waals surface area contributed by atoms with E-state index in [1.165, 1.54) is 5.56 Å². The van der Waals surface area contributed by atoms with Crippen LogP contribution >= 0.6 is 0 Å².